The number of pyridine rings is 1. The predicted molar refractivity (Wildman–Crippen MR) is 88.6 cm³/mol. The summed E-state index contributed by atoms with van der Waals surface area (Å²) in [6, 6.07) is 7.70. The van der Waals surface area contributed by atoms with E-state index >= 15 is 0 Å². The Morgan fingerprint density at radius 3 is 2.17 bits per heavy atom. The average molecular weight is 309 g/mol. The summed E-state index contributed by atoms with van der Waals surface area (Å²) in [5.74, 6) is -0.454. The number of amides is 2. The minimum Gasteiger partial charge on any atom is -0.349 e. The molecule has 1 aliphatic carbocycles. The number of nitrogens with one attached hydrogen (secondary N) is 2. The average Bonchev–Trinajstić information content (AvgIpc) is 3.30. The molecule has 2 amide bonds. The van der Waals surface area contributed by atoms with Crippen molar-refractivity contribution in [2.24, 2.45) is 0 Å². The summed E-state index contributed by atoms with van der Waals surface area (Å²) >= 11 is 0. The molecule has 0 spiro atoms. The zero-order valence-corrected chi connectivity index (χ0v) is 13.2. The Morgan fingerprint density at radius 1 is 0.957 bits per heavy atom. The van der Waals surface area contributed by atoms with E-state index in [0.29, 0.717) is 11.1 Å². The molecule has 0 bridgehead atoms. The molecule has 3 rings (SSSR count). The van der Waals surface area contributed by atoms with Crippen LogP contribution >= 0.6 is 0 Å². The number of carbonyl (C=O) groups excluding carboxylic acids is 2. The first-order valence-corrected chi connectivity index (χ1v) is 7.67. The number of anilines is 1. The summed E-state index contributed by atoms with van der Waals surface area (Å²) in [6.45, 7) is 3.96. The third-order valence-corrected chi connectivity index (χ3v) is 3.65. The van der Waals surface area contributed by atoms with E-state index in [0.717, 1.165) is 29.7 Å². The van der Waals surface area contributed by atoms with Gasteiger partial charge in [-0.1, -0.05) is 6.07 Å². The van der Waals surface area contributed by atoms with Gasteiger partial charge >= 0.3 is 0 Å². The summed E-state index contributed by atoms with van der Waals surface area (Å²) in [4.78, 5) is 28.4. The molecule has 1 aromatic heterocycles. The molecule has 0 atom stereocenters. The molecule has 0 unspecified atom stereocenters. The Bertz CT molecular complexity index is 746. The van der Waals surface area contributed by atoms with E-state index in [1.54, 1.807) is 6.07 Å². The predicted octanol–water partition coefficient (Wildman–Crippen LogP) is 2.84. The van der Waals surface area contributed by atoms with Crippen LogP contribution in [0.3, 0.4) is 0 Å². The van der Waals surface area contributed by atoms with Gasteiger partial charge in [-0.3, -0.25) is 14.6 Å². The molecule has 0 aliphatic heterocycles. The van der Waals surface area contributed by atoms with E-state index in [1.807, 2.05) is 32.0 Å². The summed E-state index contributed by atoms with van der Waals surface area (Å²) in [5.41, 5.74) is 3.67. The van der Waals surface area contributed by atoms with Crippen LogP contribution in [0.4, 0.5) is 5.69 Å². The van der Waals surface area contributed by atoms with Gasteiger partial charge in [-0.25, -0.2) is 0 Å². The topological polar surface area (TPSA) is 71.1 Å². The van der Waals surface area contributed by atoms with Crippen molar-refractivity contribution in [3.8, 4) is 0 Å². The van der Waals surface area contributed by atoms with Gasteiger partial charge in [0.15, 0.2) is 0 Å². The first-order valence-electron chi connectivity index (χ1n) is 7.67. The first-order chi connectivity index (χ1) is 11.0. The molecular formula is C18H19N3O2. The van der Waals surface area contributed by atoms with Gasteiger partial charge in [-0.15, -0.1) is 0 Å². The van der Waals surface area contributed by atoms with E-state index in [9.17, 15) is 9.59 Å². The van der Waals surface area contributed by atoms with Crippen molar-refractivity contribution in [3.63, 3.8) is 0 Å². The maximum atomic E-state index is 12.4. The minimum atomic E-state index is -0.274. The summed E-state index contributed by atoms with van der Waals surface area (Å²) < 4.78 is 0. The van der Waals surface area contributed by atoms with Crippen molar-refractivity contribution < 1.29 is 9.59 Å². The molecular weight excluding hydrogens is 290 g/mol. The van der Waals surface area contributed by atoms with Crippen LogP contribution in [0.1, 0.15) is 44.7 Å². The van der Waals surface area contributed by atoms with E-state index in [2.05, 4.69) is 15.6 Å². The second-order valence-corrected chi connectivity index (χ2v) is 6.04. The van der Waals surface area contributed by atoms with Gasteiger partial charge in [-0.05, 0) is 56.0 Å². The standard InChI is InChI=1S/C18H19N3O2/c1-11-5-12(2)7-16(6-11)21-18(23)14-8-13(9-19-10-14)17(22)20-15-3-4-15/h5-10,15H,3-4H2,1-2H3,(H,20,22)(H,21,23). The lowest BCUT2D eigenvalue weighted by Gasteiger charge is -2.08. The Morgan fingerprint density at radius 2 is 1.57 bits per heavy atom. The quantitative estimate of drug-likeness (QED) is 0.912. The number of hydrogen-bond acceptors (Lipinski definition) is 3. The second-order valence-electron chi connectivity index (χ2n) is 6.04. The molecule has 1 fully saturated rings. The molecule has 1 aliphatic rings. The third-order valence-electron chi connectivity index (χ3n) is 3.65. The van der Waals surface area contributed by atoms with E-state index in [4.69, 9.17) is 0 Å². The van der Waals surface area contributed by atoms with Crippen molar-refractivity contribution in [1.29, 1.82) is 0 Å². The zero-order chi connectivity index (χ0) is 16.4. The highest BCUT2D eigenvalue weighted by atomic mass is 16.2. The molecule has 1 heterocycles. The zero-order valence-electron chi connectivity index (χ0n) is 13.2. The van der Waals surface area contributed by atoms with Crippen LogP contribution in [0.25, 0.3) is 0 Å². The third kappa shape index (κ3) is 3.94. The van der Waals surface area contributed by atoms with E-state index < -0.39 is 0 Å². The molecule has 2 aromatic rings. The van der Waals surface area contributed by atoms with Gasteiger partial charge in [0.2, 0.25) is 0 Å². The van der Waals surface area contributed by atoms with Gasteiger partial charge < -0.3 is 10.6 Å². The highest BCUT2D eigenvalue weighted by Crippen LogP contribution is 2.19. The maximum Gasteiger partial charge on any atom is 0.257 e. The normalized spacial score (nSPS) is 13.5. The number of nitrogens with zero attached hydrogens (tertiary/aromatic N) is 1. The summed E-state index contributed by atoms with van der Waals surface area (Å²) in [7, 11) is 0. The molecule has 23 heavy (non-hydrogen) atoms. The molecule has 0 saturated heterocycles. The molecule has 1 saturated carbocycles. The lowest BCUT2D eigenvalue weighted by molar-refractivity contribution is 0.0950. The molecule has 5 nitrogen and oxygen atoms in total. The van der Waals surface area contributed by atoms with Crippen molar-refractivity contribution in [1.82, 2.24) is 10.3 Å². The van der Waals surface area contributed by atoms with Crippen LogP contribution in [0, 0.1) is 13.8 Å². The molecule has 118 valence electrons. The van der Waals surface area contributed by atoms with Crippen LogP contribution in [0.5, 0.6) is 0 Å². The fourth-order valence-electron chi connectivity index (χ4n) is 2.43. The number of hydrogen-bond donors (Lipinski definition) is 2. The van der Waals surface area contributed by atoms with E-state index in [-0.39, 0.29) is 17.9 Å². The van der Waals surface area contributed by atoms with Crippen LogP contribution in [-0.2, 0) is 0 Å². The first kappa shape index (κ1) is 15.2. The highest BCUT2D eigenvalue weighted by Gasteiger charge is 2.24. The van der Waals surface area contributed by atoms with Crippen molar-refractivity contribution in [2.45, 2.75) is 32.7 Å². The maximum absolute atomic E-state index is 12.4. The van der Waals surface area contributed by atoms with Crippen molar-refractivity contribution in [2.75, 3.05) is 5.32 Å². The van der Waals surface area contributed by atoms with Gasteiger partial charge in [0.25, 0.3) is 11.8 Å². The van der Waals surface area contributed by atoms with Gasteiger partial charge in [0.05, 0.1) is 11.1 Å². The number of aryl methyl sites for hydroxylation is 2. The fraction of sp³-hybridized carbons (Fsp3) is 0.278. The van der Waals surface area contributed by atoms with Crippen LogP contribution in [-0.4, -0.2) is 22.8 Å². The van der Waals surface area contributed by atoms with Crippen molar-refractivity contribution in [3.05, 3.63) is 58.9 Å². The van der Waals surface area contributed by atoms with Gasteiger partial charge in [0, 0.05) is 24.1 Å². The Hall–Kier alpha value is -2.69. The lowest BCUT2D eigenvalue weighted by Crippen LogP contribution is -2.26. The lowest BCUT2D eigenvalue weighted by atomic mass is 10.1. The van der Waals surface area contributed by atoms with Crippen LogP contribution in [0.2, 0.25) is 0 Å². The Labute approximate surface area is 135 Å². The fourth-order valence-corrected chi connectivity index (χ4v) is 2.43. The highest BCUT2D eigenvalue weighted by molar-refractivity contribution is 6.05. The van der Waals surface area contributed by atoms with Crippen molar-refractivity contribution >= 4 is 17.5 Å². The Kier molecular flexibility index (Phi) is 4.10. The molecule has 0 radical (unpaired) electrons. The SMILES string of the molecule is Cc1cc(C)cc(NC(=O)c2cncc(C(=O)NC3CC3)c2)c1. The molecule has 2 N–H and O–H groups in total. The van der Waals surface area contributed by atoms with Crippen LogP contribution < -0.4 is 10.6 Å². The smallest absolute Gasteiger partial charge is 0.257 e. The molecule has 5 heteroatoms. The largest absolute Gasteiger partial charge is 0.349 e. The number of aromatic nitrogens is 1. The minimum absolute atomic E-state index is 0.180. The number of rotatable bonds is 4. The van der Waals surface area contributed by atoms with Gasteiger partial charge in [-0.2, -0.15) is 0 Å². The Balaban J connectivity index is 1.75. The molecule has 1 aromatic carbocycles. The van der Waals surface area contributed by atoms with Gasteiger partial charge in [0.1, 0.15) is 0 Å². The van der Waals surface area contributed by atoms with E-state index in [1.165, 1.54) is 12.4 Å². The number of benzene rings is 1. The van der Waals surface area contributed by atoms with Crippen LogP contribution in [0.15, 0.2) is 36.7 Å². The second kappa shape index (κ2) is 6.20. The summed E-state index contributed by atoms with van der Waals surface area (Å²) in [5, 5.41) is 5.74. The monoisotopic (exact) mass is 309 g/mol. The number of carbonyl (C=O) groups is 2. The summed E-state index contributed by atoms with van der Waals surface area (Å²) in [6.07, 6.45) is 4.98.